The van der Waals surface area contributed by atoms with Crippen LogP contribution in [0.4, 0.5) is 5.82 Å². The second-order valence-electron chi connectivity index (χ2n) is 7.31. The summed E-state index contributed by atoms with van der Waals surface area (Å²) in [5.74, 6) is -1.06. The monoisotopic (exact) mass is 435 g/mol. The van der Waals surface area contributed by atoms with E-state index in [1.165, 1.54) is 10.5 Å². The van der Waals surface area contributed by atoms with Crippen LogP contribution < -0.4 is 4.31 Å². The molecule has 0 bridgehead atoms. The van der Waals surface area contributed by atoms with E-state index in [1.54, 1.807) is 36.4 Å². The van der Waals surface area contributed by atoms with Crippen LogP contribution in [0.25, 0.3) is 0 Å². The minimum atomic E-state index is -3.88. The fourth-order valence-corrected chi connectivity index (χ4v) is 4.87. The lowest BCUT2D eigenvalue weighted by atomic mass is 10.1. The normalized spacial score (nSPS) is 13.4. The molecule has 0 aliphatic carbocycles. The maximum atomic E-state index is 13.3. The molecule has 3 aromatic rings. The summed E-state index contributed by atoms with van der Waals surface area (Å²) in [6.07, 6.45) is 1.52. The van der Waals surface area contributed by atoms with Gasteiger partial charge >= 0.3 is 0 Å². The number of hydrogen-bond acceptors (Lipinski definition) is 5. The van der Waals surface area contributed by atoms with Crippen LogP contribution in [0.15, 0.2) is 72.9 Å². The Balaban J connectivity index is 1.57. The van der Waals surface area contributed by atoms with Crippen LogP contribution in [0.1, 0.15) is 31.8 Å². The first kappa shape index (κ1) is 20.7. The van der Waals surface area contributed by atoms with E-state index >= 15 is 0 Å². The maximum absolute atomic E-state index is 13.3. The molecule has 158 valence electrons. The molecule has 1 aromatic heterocycles. The molecule has 0 N–H and O–H groups in total. The van der Waals surface area contributed by atoms with E-state index in [9.17, 15) is 18.0 Å². The van der Waals surface area contributed by atoms with Crippen molar-refractivity contribution < 1.29 is 18.0 Å². The zero-order valence-corrected chi connectivity index (χ0v) is 17.7. The fraction of sp³-hybridized carbons (Fsp3) is 0.174. The topological polar surface area (TPSA) is 87.7 Å². The van der Waals surface area contributed by atoms with Crippen molar-refractivity contribution in [3.05, 3.63) is 95.2 Å². The number of rotatable bonds is 7. The average molecular weight is 436 g/mol. The van der Waals surface area contributed by atoms with E-state index in [0.717, 1.165) is 16.0 Å². The van der Waals surface area contributed by atoms with Crippen LogP contribution in [0.2, 0.25) is 0 Å². The number of fused-ring (bicyclic) bond motifs is 1. The Kier molecular flexibility index (Phi) is 5.56. The second-order valence-corrected chi connectivity index (χ2v) is 9.32. The highest BCUT2D eigenvalue weighted by molar-refractivity contribution is 7.92. The van der Waals surface area contributed by atoms with Gasteiger partial charge in [-0.3, -0.25) is 14.5 Å². The highest BCUT2D eigenvalue weighted by Crippen LogP contribution is 2.25. The number of pyridine rings is 1. The molecule has 2 aromatic carbocycles. The van der Waals surface area contributed by atoms with Gasteiger partial charge in [0.25, 0.3) is 11.8 Å². The number of aromatic nitrogens is 1. The van der Waals surface area contributed by atoms with Gasteiger partial charge in [0.1, 0.15) is 5.82 Å². The highest BCUT2D eigenvalue weighted by Gasteiger charge is 2.36. The smallest absolute Gasteiger partial charge is 0.261 e. The summed E-state index contributed by atoms with van der Waals surface area (Å²) >= 11 is 0. The van der Waals surface area contributed by atoms with Crippen LogP contribution in [-0.2, 0) is 16.6 Å². The lowest BCUT2D eigenvalue weighted by molar-refractivity contribution is 0.0664. The molecule has 8 heteroatoms. The Labute approximate surface area is 181 Å². The average Bonchev–Trinajstić information content (AvgIpc) is 3.01. The lowest BCUT2D eigenvalue weighted by Gasteiger charge is -2.24. The summed E-state index contributed by atoms with van der Waals surface area (Å²) in [6, 6.07) is 19.2. The summed E-state index contributed by atoms with van der Waals surface area (Å²) in [4.78, 5) is 30.5. The molecule has 2 heterocycles. The minimum Gasteiger partial charge on any atom is -0.273 e. The summed E-state index contributed by atoms with van der Waals surface area (Å²) in [5, 5.41) is 0. The zero-order valence-electron chi connectivity index (χ0n) is 16.9. The first-order chi connectivity index (χ1) is 14.9. The largest absolute Gasteiger partial charge is 0.273 e. The van der Waals surface area contributed by atoms with Gasteiger partial charge in [-0.15, -0.1) is 0 Å². The third-order valence-corrected chi connectivity index (χ3v) is 6.79. The Morgan fingerprint density at radius 3 is 2.32 bits per heavy atom. The first-order valence-electron chi connectivity index (χ1n) is 9.79. The Hall–Kier alpha value is -3.52. The molecular formula is C23H21N3O4S. The summed E-state index contributed by atoms with van der Waals surface area (Å²) in [7, 11) is -3.88. The van der Waals surface area contributed by atoms with Crippen LogP contribution in [0, 0.1) is 6.92 Å². The molecule has 0 saturated heterocycles. The molecule has 4 rings (SSSR count). The standard InChI is InChI=1S/C23H21N3O4S/c1-17-10-11-19-20(15-17)23(28)25(22(19)27)13-14-31(29,30)26(21-9-5-6-12-24-21)16-18-7-3-2-4-8-18/h2-12,15H,13-14,16H2,1H3. The molecule has 0 atom stereocenters. The highest BCUT2D eigenvalue weighted by atomic mass is 32.2. The van der Waals surface area contributed by atoms with Crippen LogP contribution in [-0.4, -0.2) is 42.4 Å². The molecular weight excluding hydrogens is 414 g/mol. The van der Waals surface area contributed by atoms with Crippen molar-refractivity contribution in [2.45, 2.75) is 13.5 Å². The zero-order chi connectivity index (χ0) is 22.0. The van der Waals surface area contributed by atoms with E-state index in [0.29, 0.717) is 11.1 Å². The van der Waals surface area contributed by atoms with Crippen molar-refractivity contribution in [3.8, 4) is 0 Å². The Bertz CT molecular complexity index is 1230. The van der Waals surface area contributed by atoms with Gasteiger partial charge in [-0.2, -0.15) is 0 Å². The number of sulfonamides is 1. The van der Waals surface area contributed by atoms with E-state index < -0.39 is 27.6 Å². The lowest BCUT2D eigenvalue weighted by Crippen LogP contribution is -2.40. The number of carbonyl (C=O) groups excluding carboxylic acids is 2. The van der Waals surface area contributed by atoms with E-state index in [4.69, 9.17) is 0 Å². The van der Waals surface area contributed by atoms with Gasteiger partial charge in [0, 0.05) is 12.7 Å². The number of anilines is 1. The summed E-state index contributed by atoms with van der Waals surface area (Å²) in [5.41, 5.74) is 2.28. The summed E-state index contributed by atoms with van der Waals surface area (Å²) in [6.45, 7) is 1.70. The van der Waals surface area contributed by atoms with E-state index in [1.807, 2.05) is 37.3 Å². The molecule has 0 unspecified atom stereocenters. The van der Waals surface area contributed by atoms with Crippen molar-refractivity contribution in [3.63, 3.8) is 0 Å². The predicted molar refractivity (Wildman–Crippen MR) is 117 cm³/mol. The van der Waals surface area contributed by atoms with Crippen molar-refractivity contribution >= 4 is 27.7 Å². The molecule has 0 fully saturated rings. The Morgan fingerprint density at radius 1 is 0.903 bits per heavy atom. The number of amides is 2. The summed E-state index contributed by atoms with van der Waals surface area (Å²) < 4.78 is 27.8. The Morgan fingerprint density at radius 2 is 1.61 bits per heavy atom. The number of hydrogen-bond donors (Lipinski definition) is 0. The van der Waals surface area contributed by atoms with Crippen molar-refractivity contribution in [2.75, 3.05) is 16.6 Å². The SMILES string of the molecule is Cc1ccc2c(c1)C(=O)N(CCS(=O)(=O)N(Cc1ccccc1)c1ccccn1)C2=O. The molecule has 7 nitrogen and oxygen atoms in total. The van der Waals surface area contributed by atoms with Gasteiger partial charge < -0.3 is 0 Å². The van der Waals surface area contributed by atoms with E-state index in [-0.39, 0.29) is 18.9 Å². The molecule has 0 spiro atoms. The van der Waals surface area contributed by atoms with Crippen LogP contribution >= 0.6 is 0 Å². The van der Waals surface area contributed by atoms with Crippen molar-refractivity contribution in [1.82, 2.24) is 9.88 Å². The van der Waals surface area contributed by atoms with Gasteiger partial charge in [0.15, 0.2) is 0 Å². The number of imide groups is 1. The van der Waals surface area contributed by atoms with Gasteiger partial charge in [-0.1, -0.05) is 48.0 Å². The third kappa shape index (κ3) is 4.20. The van der Waals surface area contributed by atoms with Gasteiger partial charge in [-0.25, -0.2) is 17.7 Å². The quantitative estimate of drug-likeness (QED) is 0.533. The number of carbonyl (C=O) groups is 2. The van der Waals surface area contributed by atoms with Crippen LogP contribution in [0.5, 0.6) is 0 Å². The second kappa shape index (κ2) is 8.31. The third-order valence-electron chi connectivity index (χ3n) is 5.11. The number of nitrogens with zero attached hydrogens (tertiary/aromatic N) is 3. The molecule has 31 heavy (non-hydrogen) atoms. The number of aryl methyl sites for hydroxylation is 1. The minimum absolute atomic E-state index is 0.0987. The van der Waals surface area contributed by atoms with Gasteiger partial charge in [0.05, 0.1) is 23.4 Å². The fourth-order valence-electron chi connectivity index (χ4n) is 3.50. The van der Waals surface area contributed by atoms with Crippen LogP contribution in [0.3, 0.4) is 0 Å². The molecule has 2 amide bonds. The molecule has 1 aliphatic rings. The van der Waals surface area contributed by atoms with E-state index in [2.05, 4.69) is 4.98 Å². The number of benzene rings is 2. The van der Waals surface area contributed by atoms with Crippen molar-refractivity contribution in [1.29, 1.82) is 0 Å². The first-order valence-corrected chi connectivity index (χ1v) is 11.4. The van der Waals surface area contributed by atoms with Crippen molar-refractivity contribution in [2.24, 2.45) is 0 Å². The maximum Gasteiger partial charge on any atom is 0.261 e. The molecule has 0 radical (unpaired) electrons. The molecule has 1 aliphatic heterocycles. The van der Waals surface area contributed by atoms with Gasteiger partial charge in [0.2, 0.25) is 10.0 Å². The molecule has 0 saturated carbocycles. The predicted octanol–water partition coefficient (Wildman–Crippen LogP) is 3.02. The van der Waals surface area contributed by atoms with Gasteiger partial charge in [-0.05, 0) is 36.8 Å².